The third kappa shape index (κ3) is 2.61. The molecule has 16 heavy (non-hydrogen) atoms. The van der Waals surface area contributed by atoms with E-state index in [1.165, 1.54) is 11.0 Å². The first-order chi connectivity index (χ1) is 7.47. The SMILES string of the molecule is C=CC(=O)N1CCN(C)CC1C(=O)N(C)C. The van der Waals surface area contributed by atoms with Crippen molar-refractivity contribution in [2.24, 2.45) is 0 Å². The van der Waals surface area contributed by atoms with Gasteiger partial charge in [-0.2, -0.15) is 0 Å². The van der Waals surface area contributed by atoms with Crippen molar-refractivity contribution in [2.45, 2.75) is 6.04 Å². The molecule has 5 nitrogen and oxygen atoms in total. The zero-order valence-corrected chi connectivity index (χ0v) is 10.1. The van der Waals surface area contributed by atoms with Gasteiger partial charge in [0.25, 0.3) is 0 Å². The Balaban J connectivity index is 2.84. The first-order valence-electron chi connectivity index (χ1n) is 5.30. The van der Waals surface area contributed by atoms with Crippen LogP contribution in [0.5, 0.6) is 0 Å². The maximum absolute atomic E-state index is 11.9. The van der Waals surface area contributed by atoms with E-state index in [9.17, 15) is 9.59 Å². The Morgan fingerprint density at radius 1 is 1.38 bits per heavy atom. The molecule has 0 spiro atoms. The number of likely N-dealkylation sites (N-methyl/N-ethyl adjacent to an activating group) is 2. The lowest BCUT2D eigenvalue weighted by Crippen LogP contribution is -2.59. The minimum atomic E-state index is -0.390. The van der Waals surface area contributed by atoms with E-state index in [4.69, 9.17) is 0 Å². The standard InChI is InChI=1S/C11H19N3O2/c1-5-10(15)14-7-6-13(4)8-9(14)11(16)12(2)3/h5,9H,1,6-8H2,2-4H3. The van der Waals surface area contributed by atoms with Crippen LogP contribution in [0, 0.1) is 0 Å². The largest absolute Gasteiger partial charge is 0.347 e. The minimum Gasteiger partial charge on any atom is -0.347 e. The van der Waals surface area contributed by atoms with Crippen molar-refractivity contribution in [1.29, 1.82) is 0 Å². The highest BCUT2D eigenvalue weighted by atomic mass is 16.2. The van der Waals surface area contributed by atoms with E-state index in [0.29, 0.717) is 13.1 Å². The molecule has 0 N–H and O–H groups in total. The van der Waals surface area contributed by atoms with Crippen molar-refractivity contribution in [3.05, 3.63) is 12.7 Å². The monoisotopic (exact) mass is 225 g/mol. The summed E-state index contributed by atoms with van der Waals surface area (Å²) in [6, 6.07) is -0.390. The molecule has 90 valence electrons. The molecule has 1 fully saturated rings. The third-order valence-electron chi connectivity index (χ3n) is 2.77. The van der Waals surface area contributed by atoms with Crippen LogP contribution in [0.4, 0.5) is 0 Å². The maximum Gasteiger partial charge on any atom is 0.246 e. The Hall–Kier alpha value is -1.36. The van der Waals surface area contributed by atoms with Crippen molar-refractivity contribution in [1.82, 2.24) is 14.7 Å². The van der Waals surface area contributed by atoms with Crippen LogP contribution in [0.1, 0.15) is 0 Å². The molecule has 1 aliphatic rings. The highest BCUT2D eigenvalue weighted by Gasteiger charge is 2.33. The zero-order chi connectivity index (χ0) is 12.3. The quantitative estimate of drug-likeness (QED) is 0.590. The van der Waals surface area contributed by atoms with Gasteiger partial charge in [0.1, 0.15) is 6.04 Å². The summed E-state index contributed by atoms with van der Waals surface area (Å²) < 4.78 is 0. The van der Waals surface area contributed by atoms with Gasteiger partial charge in [0, 0.05) is 33.7 Å². The van der Waals surface area contributed by atoms with Crippen molar-refractivity contribution in [3.63, 3.8) is 0 Å². The van der Waals surface area contributed by atoms with Crippen LogP contribution in [0.15, 0.2) is 12.7 Å². The normalized spacial score (nSPS) is 21.7. The van der Waals surface area contributed by atoms with E-state index in [-0.39, 0.29) is 17.9 Å². The van der Waals surface area contributed by atoms with Crippen LogP contribution in [0.2, 0.25) is 0 Å². The van der Waals surface area contributed by atoms with E-state index in [2.05, 4.69) is 11.5 Å². The van der Waals surface area contributed by atoms with Gasteiger partial charge in [-0.15, -0.1) is 0 Å². The molecule has 5 heteroatoms. The van der Waals surface area contributed by atoms with Gasteiger partial charge in [0.15, 0.2) is 0 Å². The number of hydrogen-bond acceptors (Lipinski definition) is 3. The van der Waals surface area contributed by atoms with Gasteiger partial charge < -0.3 is 14.7 Å². The summed E-state index contributed by atoms with van der Waals surface area (Å²) in [6.45, 7) is 5.41. The van der Waals surface area contributed by atoms with Gasteiger partial charge in [-0.05, 0) is 13.1 Å². The summed E-state index contributed by atoms with van der Waals surface area (Å²) in [4.78, 5) is 28.7. The van der Waals surface area contributed by atoms with E-state index >= 15 is 0 Å². The molecule has 0 radical (unpaired) electrons. The van der Waals surface area contributed by atoms with Gasteiger partial charge in [-0.3, -0.25) is 9.59 Å². The second-order valence-electron chi connectivity index (χ2n) is 4.25. The Labute approximate surface area is 96.3 Å². The number of carbonyl (C=O) groups excluding carboxylic acids is 2. The van der Waals surface area contributed by atoms with Gasteiger partial charge in [0.2, 0.25) is 11.8 Å². The van der Waals surface area contributed by atoms with Crippen LogP contribution in [-0.2, 0) is 9.59 Å². The summed E-state index contributed by atoms with van der Waals surface area (Å²) in [5.41, 5.74) is 0. The Bertz CT molecular complexity index is 302. The highest BCUT2D eigenvalue weighted by molar-refractivity contribution is 5.92. The third-order valence-corrected chi connectivity index (χ3v) is 2.77. The Kier molecular flexibility index (Phi) is 4.06. The van der Waals surface area contributed by atoms with Gasteiger partial charge in [-0.25, -0.2) is 0 Å². The molecule has 0 aliphatic carbocycles. The average Bonchev–Trinajstić information content (AvgIpc) is 2.26. The Morgan fingerprint density at radius 2 is 2.00 bits per heavy atom. The number of rotatable bonds is 2. The summed E-state index contributed by atoms with van der Waals surface area (Å²) in [5.74, 6) is -0.213. The van der Waals surface area contributed by atoms with Crippen molar-refractivity contribution < 1.29 is 9.59 Å². The molecule has 0 aromatic rings. The number of nitrogens with zero attached hydrogens (tertiary/aromatic N) is 3. The molecule has 0 saturated carbocycles. The van der Waals surface area contributed by atoms with E-state index in [1.807, 2.05) is 7.05 Å². The molecule has 1 rings (SSSR count). The molecule has 1 unspecified atom stereocenters. The predicted octanol–water partition coefficient (Wildman–Crippen LogP) is -0.597. The molecule has 2 amide bonds. The van der Waals surface area contributed by atoms with Crippen LogP contribution < -0.4 is 0 Å². The minimum absolute atomic E-state index is 0.0400. The number of amides is 2. The Morgan fingerprint density at radius 3 is 2.50 bits per heavy atom. The van der Waals surface area contributed by atoms with Crippen LogP contribution in [-0.4, -0.2) is 73.3 Å². The molecule has 1 saturated heterocycles. The van der Waals surface area contributed by atoms with E-state index in [1.54, 1.807) is 19.0 Å². The number of piperazine rings is 1. The molecule has 1 atom stereocenters. The van der Waals surface area contributed by atoms with Crippen molar-refractivity contribution >= 4 is 11.8 Å². The zero-order valence-electron chi connectivity index (χ0n) is 10.1. The van der Waals surface area contributed by atoms with E-state index < -0.39 is 0 Å². The lowest BCUT2D eigenvalue weighted by atomic mass is 10.1. The second-order valence-corrected chi connectivity index (χ2v) is 4.25. The summed E-state index contributed by atoms with van der Waals surface area (Å²) in [5, 5.41) is 0. The first kappa shape index (κ1) is 12.7. The van der Waals surface area contributed by atoms with Crippen LogP contribution >= 0.6 is 0 Å². The number of carbonyl (C=O) groups is 2. The lowest BCUT2D eigenvalue weighted by Gasteiger charge is -2.39. The first-order valence-corrected chi connectivity index (χ1v) is 5.30. The van der Waals surface area contributed by atoms with E-state index in [0.717, 1.165) is 6.54 Å². The fraction of sp³-hybridized carbons (Fsp3) is 0.636. The smallest absolute Gasteiger partial charge is 0.246 e. The van der Waals surface area contributed by atoms with Crippen LogP contribution in [0.3, 0.4) is 0 Å². The van der Waals surface area contributed by atoms with Gasteiger partial charge in [0.05, 0.1) is 0 Å². The second kappa shape index (κ2) is 5.12. The molecular weight excluding hydrogens is 206 g/mol. The maximum atomic E-state index is 11.9. The fourth-order valence-electron chi connectivity index (χ4n) is 1.81. The molecule has 0 bridgehead atoms. The average molecular weight is 225 g/mol. The van der Waals surface area contributed by atoms with Gasteiger partial charge in [-0.1, -0.05) is 6.58 Å². The van der Waals surface area contributed by atoms with Crippen molar-refractivity contribution in [2.75, 3.05) is 40.8 Å². The highest BCUT2D eigenvalue weighted by Crippen LogP contribution is 2.11. The molecule has 1 heterocycles. The summed E-state index contributed by atoms with van der Waals surface area (Å²) in [6.07, 6.45) is 1.27. The predicted molar refractivity (Wildman–Crippen MR) is 61.9 cm³/mol. The fourth-order valence-corrected chi connectivity index (χ4v) is 1.81. The van der Waals surface area contributed by atoms with Crippen LogP contribution in [0.25, 0.3) is 0 Å². The summed E-state index contributed by atoms with van der Waals surface area (Å²) >= 11 is 0. The molecular formula is C11H19N3O2. The van der Waals surface area contributed by atoms with Crippen molar-refractivity contribution in [3.8, 4) is 0 Å². The van der Waals surface area contributed by atoms with Gasteiger partial charge >= 0.3 is 0 Å². The molecule has 1 aliphatic heterocycles. The molecule has 0 aromatic carbocycles. The summed E-state index contributed by atoms with van der Waals surface area (Å²) in [7, 11) is 5.35. The number of hydrogen-bond donors (Lipinski definition) is 0. The topological polar surface area (TPSA) is 43.9 Å². The lowest BCUT2D eigenvalue weighted by molar-refractivity contribution is -0.144. The molecule has 0 aromatic heterocycles.